The van der Waals surface area contributed by atoms with Gasteiger partial charge in [-0.2, -0.15) is 0 Å². The van der Waals surface area contributed by atoms with Gasteiger partial charge in [0.15, 0.2) is 5.78 Å². The second kappa shape index (κ2) is 7.35. The molecule has 7 nitrogen and oxygen atoms in total. The van der Waals surface area contributed by atoms with Gasteiger partial charge in [0.1, 0.15) is 5.69 Å². The van der Waals surface area contributed by atoms with Crippen molar-refractivity contribution in [1.82, 2.24) is 0 Å². The Bertz CT molecular complexity index is 872. The van der Waals surface area contributed by atoms with Gasteiger partial charge >= 0.3 is 5.97 Å². The number of carbonyl (C=O) groups is 2. The number of aromatic carboxylic acids is 1. The highest BCUT2D eigenvalue weighted by atomic mass is 16.6. The van der Waals surface area contributed by atoms with E-state index in [4.69, 9.17) is 0 Å². The smallest absolute Gasteiger partial charge is 0.336 e. The highest BCUT2D eigenvalue weighted by Crippen LogP contribution is 2.32. The second-order valence-electron chi connectivity index (χ2n) is 6.19. The van der Waals surface area contributed by atoms with Crippen molar-refractivity contribution in [3.05, 3.63) is 69.3 Å². The summed E-state index contributed by atoms with van der Waals surface area (Å²) < 4.78 is 0. The van der Waals surface area contributed by atoms with Gasteiger partial charge in [-0.25, -0.2) is 4.79 Å². The number of nitrogens with zero attached hydrogens (tertiary/aromatic N) is 2. The van der Waals surface area contributed by atoms with Gasteiger partial charge in [-0.1, -0.05) is 18.2 Å². The highest BCUT2D eigenvalue weighted by Gasteiger charge is 2.24. The molecule has 134 valence electrons. The van der Waals surface area contributed by atoms with E-state index in [-0.39, 0.29) is 22.4 Å². The lowest BCUT2D eigenvalue weighted by atomic mass is 9.97. The molecule has 0 unspecified atom stereocenters. The molecular weight excluding hydrogens is 336 g/mol. The Morgan fingerprint density at radius 2 is 1.65 bits per heavy atom. The van der Waals surface area contributed by atoms with E-state index < -0.39 is 16.7 Å². The molecule has 0 amide bonds. The fourth-order valence-corrected chi connectivity index (χ4v) is 3.24. The first-order valence-corrected chi connectivity index (χ1v) is 8.39. The molecule has 3 rings (SSSR count). The Labute approximate surface area is 150 Å². The van der Waals surface area contributed by atoms with Crippen LogP contribution in [0.1, 0.15) is 45.5 Å². The monoisotopic (exact) mass is 354 g/mol. The molecule has 1 heterocycles. The number of piperidine rings is 1. The van der Waals surface area contributed by atoms with E-state index in [1.54, 1.807) is 12.1 Å². The number of benzene rings is 2. The van der Waals surface area contributed by atoms with Crippen molar-refractivity contribution in [2.24, 2.45) is 0 Å². The van der Waals surface area contributed by atoms with Crippen molar-refractivity contribution in [3.63, 3.8) is 0 Å². The standard InChI is InChI=1S/C19H18N2O5/c22-18(14-6-2-3-7-15(14)19(23)24)13-8-9-16(17(12-13)21(25)26)20-10-4-1-5-11-20/h2-3,6-9,12H,1,4-5,10-11H2,(H,23,24). The predicted octanol–water partition coefficient (Wildman–Crippen LogP) is 3.51. The van der Waals surface area contributed by atoms with Crippen LogP contribution in [0.2, 0.25) is 0 Å². The Kier molecular flexibility index (Phi) is 4.97. The van der Waals surface area contributed by atoms with Crippen LogP contribution in [0.15, 0.2) is 42.5 Å². The number of carboxylic acid groups (broad SMARTS) is 1. The van der Waals surface area contributed by atoms with Crippen molar-refractivity contribution in [2.45, 2.75) is 19.3 Å². The zero-order valence-electron chi connectivity index (χ0n) is 14.1. The Hall–Kier alpha value is -3.22. The first-order chi connectivity index (χ1) is 12.5. The van der Waals surface area contributed by atoms with E-state index >= 15 is 0 Å². The van der Waals surface area contributed by atoms with E-state index in [9.17, 15) is 24.8 Å². The summed E-state index contributed by atoms with van der Waals surface area (Å²) in [6.45, 7) is 1.49. The minimum atomic E-state index is -1.21. The van der Waals surface area contributed by atoms with E-state index in [1.165, 1.54) is 30.3 Å². The van der Waals surface area contributed by atoms with Crippen molar-refractivity contribution < 1.29 is 19.6 Å². The van der Waals surface area contributed by atoms with Crippen LogP contribution in [0, 0.1) is 10.1 Å². The molecule has 1 N–H and O–H groups in total. The summed E-state index contributed by atoms with van der Waals surface area (Å²) in [4.78, 5) is 37.0. The third-order valence-corrected chi connectivity index (χ3v) is 4.53. The number of ketones is 1. The number of carboxylic acids is 1. The molecule has 0 radical (unpaired) electrons. The molecule has 0 atom stereocenters. The zero-order valence-corrected chi connectivity index (χ0v) is 14.1. The summed E-state index contributed by atoms with van der Waals surface area (Å²) in [5.41, 5.74) is 0.356. The lowest BCUT2D eigenvalue weighted by Crippen LogP contribution is -2.30. The SMILES string of the molecule is O=C(O)c1ccccc1C(=O)c1ccc(N2CCCCC2)c([N+](=O)[O-])c1. The first kappa shape index (κ1) is 17.6. The Morgan fingerprint density at radius 3 is 2.27 bits per heavy atom. The normalized spacial score (nSPS) is 14.1. The molecular formula is C19H18N2O5. The molecule has 0 spiro atoms. The third kappa shape index (κ3) is 3.42. The van der Waals surface area contributed by atoms with Gasteiger partial charge in [0.2, 0.25) is 0 Å². The van der Waals surface area contributed by atoms with Crippen LogP contribution < -0.4 is 4.90 Å². The maximum absolute atomic E-state index is 12.7. The summed E-state index contributed by atoms with van der Waals surface area (Å²) in [6, 6.07) is 10.2. The molecule has 1 fully saturated rings. The van der Waals surface area contributed by atoms with Crippen LogP contribution in [0.5, 0.6) is 0 Å². The number of carbonyl (C=O) groups excluding carboxylic acids is 1. The molecule has 1 aliphatic heterocycles. The van der Waals surface area contributed by atoms with Crippen molar-refractivity contribution in [2.75, 3.05) is 18.0 Å². The average molecular weight is 354 g/mol. The Balaban J connectivity index is 2.01. The Morgan fingerprint density at radius 1 is 1.00 bits per heavy atom. The van der Waals surface area contributed by atoms with Gasteiger partial charge in [0.05, 0.1) is 10.5 Å². The van der Waals surface area contributed by atoms with E-state index in [2.05, 4.69) is 0 Å². The summed E-state index contributed by atoms with van der Waals surface area (Å²) in [6.07, 6.45) is 3.06. The lowest BCUT2D eigenvalue weighted by Gasteiger charge is -2.28. The molecule has 1 aliphatic rings. The summed E-state index contributed by atoms with van der Waals surface area (Å²) in [5.74, 6) is -1.76. The largest absolute Gasteiger partial charge is 0.478 e. The zero-order chi connectivity index (χ0) is 18.7. The maximum atomic E-state index is 12.7. The van der Waals surface area contributed by atoms with Gasteiger partial charge in [-0.3, -0.25) is 14.9 Å². The number of hydrogen-bond donors (Lipinski definition) is 1. The van der Waals surface area contributed by atoms with Gasteiger partial charge in [0, 0.05) is 30.3 Å². The van der Waals surface area contributed by atoms with Gasteiger partial charge in [-0.15, -0.1) is 0 Å². The lowest BCUT2D eigenvalue weighted by molar-refractivity contribution is -0.384. The summed E-state index contributed by atoms with van der Waals surface area (Å²) >= 11 is 0. The molecule has 26 heavy (non-hydrogen) atoms. The molecule has 0 bridgehead atoms. The van der Waals surface area contributed by atoms with Gasteiger partial charge in [0.25, 0.3) is 5.69 Å². The summed E-state index contributed by atoms with van der Waals surface area (Å²) in [7, 11) is 0. The first-order valence-electron chi connectivity index (χ1n) is 8.39. The maximum Gasteiger partial charge on any atom is 0.336 e. The molecule has 0 aromatic heterocycles. The van der Waals surface area contributed by atoms with Crippen LogP contribution in [0.3, 0.4) is 0 Å². The number of anilines is 1. The summed E-state index contributed by atoms with van der Waals surface area (Å²) in [5, 5.41) is 20.8. The predicted molar refractivity (Wildman–Crippen MR) is 96.0 cm³/mol. The number of nitro benzene ring substituents is 1. The number of rotatable bonds is 5. The quantitative estimate of drug-likeness (QED) is 0.501. The van der Waals surface area contributed by atoms with Gasteiger partial charge < -0.3 is 10.0 Å². The topological polar surface area (TPSA) is 101 Å². The van der Waals surface area contributed by atoms with Crippen molar-refractivity contribution >= 4 is 23.1 Å². The van der Waals surface area contributed by atoms with Crippen LogP contribution >= 0.6 is 0 Å². The van der Waals surface area contributed by atoms with Crippen molar-refractivity contribution in [3.8, 4) is 0 Å². The molecule has 7 heteroatoms. The molecule has 0 aliphatic carbocycles. The van der Waals surface area contributed by atoms with E-state index in [0.29, 0.717) is 5.69 Å². The molecule has 2 aromatic carbocycles. The van der Waals surface area contributed by atoms with Crippen LogP contribution in [0.4, 0.5) is 11.4 Å². The van der Waals surface area contributed by atoms with Crippen LogP contribution in [0.25, 0.3) is 0 Å². The highest BCUT2D eigenvalue weighted by molar-refractivity contribution is 6.14. The number of nitro groups is 1. The minimum absolute atomic E-state index is 0.0139. The fourth-order valence-electron chi connectivity index (χ4n) is 3.24. The second-order valence-corrected chi connectivity index (χ2v) is 6.19. The van der Waals surface area contributed by atoms with E-state index in [0.717, 1.165) is 32.4 Å². The number of hydrogen-bond acceptors (Lipinski definition) is 5. The van der Waals surface area contributed by atoms with Crippen molar-refractivity contribution in [1.29, 1.82) is 0 Å². The van der Waals surface area contributed by atoms with Crippen LogP contribution in [-0.4, -0.2) is 34.9 Å². The van der Waals surface area contributed by atoms with E-state index in [1.807, 2.05) is 4.90 Å². The molecule has 2 aromatic rings. The average Bonchev–Trinajstić information content (AvgIpc) is 2.67. The van der Waals surface area contributed by atoms with Crippen LogP contribution in [-0.2, 0) is 0 Å². The van der Waals surface area contributed by atoms with Gasteiger partial charge in [-0.05, 0) is 37.5 Å². The minimum Gasteiger partial charge on any atom is -0.478 e. The third-order valence-electron chi connectivity index (χ3n) is 4.53. The molecule has 1 saturated heterocycles. The molecule has 0 saturated carbocycles. The fraction of sp³-hybridized carbons (Fsp3) is 0.263.